The van der Waals surface area contributed by atoms with Gasteiger partial charge < -0.3 is 4.42 Å². The number of hydrogen-bond acceptors (Lipinski definition) is 2. The van der Waals surface area contributed by atoms with Crippen LogP contribution in [0, 0.1) is 6.92 Å². The van der Waals surface area contributed by atoms with Crippen molar-refractivity contribution in [3.8, 4) is 22.6 Å². The summed E-state index contributed by atoms with van der Waals surface area (Å²) in [6.45, 7) is 9.13. The van der Waals surface area contributed by atoms with Crippen LogP contribution < -0.4 is 9.13 Å². The van der Waals surface area contributed by atoms with Crippen LogP contribution in [0.4, 0.5) is 0 Å². The van der Waals surface area contributed by atoms with Gasteiger partial charge in [0.15, 0.2) is 6.20 Å². The number of rotatable bonds is 4. The van der Waals surface area contributed by atoms with E-state index in [2.05, 4.69) is 139 Å². The van der Waals surface area contributed by atoms with Crippen LogP contribution >= 0.6 is 0 Å². The number of pyridine rings is 2. The number of furan rings is 1. The summed E-state index contributed by atoms with van der Waals surface area (Å²) in [5.41, 5.74) is 10.9. The van der Waals surface area contributed by atoms with Gasteiger partial charge >= 0.3 is 0 Å². The second-order valence-corrected chi connectivity index (χ2v) is 13.4. The molecule has 0 radical (unpaired) electrons. The summed E-state index contributed by atoms with van der Waals surface area (Å²) < 4.78 is 14.4. The van der Waals surface area contributed by atoms with Crippen molar-refractivity contribution >= 4 is 32.8 Å². The molecule has 10 rings (SSSR count). The van der Waals surface area contributed by atoms with Gasteiger partial charge in [0.25, 0.3) is 11.1 Å². The maximum Gasteiger partial charge on any atom is 0.293 e. The molecule has 0 bridgehead atoms. The van der Waals surface area contributed by atoms with E-state index in [1.807, 2.05) is 0 Å². The quantitative estimate of drug-likeness (QED) is 0.195. The molecule has 5 heteroatoms. The molecule has 1 aliphatic carbocycles. The molecule has 3 atom stereocenters. The molecule has 3 unspecified atom stereocenters. The molecule has 45 heavy (non-hydrogen) atoms. The number of aromatic nitrogens is 4. The molecule has 7 aromatic rings. The van der Waals surface area contributed by atoms with Crippen LogP contribution in [-0.4, -0.2) is 9.78 Å². The van der Waals surface area contributed by atoms with E-state index in [-0.39, 0.29) is 11.1 Å². The third-order valence-electron chi connectivity index (χ3n) is 11.6. The van der Waals surface area contributed by atoms with Gasteiger partial charge in [0.2, 0.25) is 22.4 Å². The van der Waals surface area contributed by atoms with Crippen molar-refractivity contribution in [3.63, 3.8) is 0 Å². The Labute approximate surface area is 262 Å². The molecular weight excluding hydrogens is 552 g/mol. The smallest absolute Gasteiger partial charge is 0.293 e. The lowest BCUT2D eigenvalue weighted by atomic mass is 9.92. The third-order valence-corrected chi connectivity index (χ3v) is 11.6. The van der Waals surface area contributed by atoms with Crippen LogP contribution in [0.3, 0.4) is 0 Å². The van der Waals surface area contributed by atoms with E-state index in [0.717, 1.165) is 42.5 Å². The second kappa shape index (κ2) is 8.28. The van der Waals surface area contributed by atoms with Gasteiger partial charge in [-0.1, -0.05) is 51.5 Å². The zero-order valence-electron chi connectivity index (χ0n) is 26.3. The SMILES string of the molecule is CCCc1ccc2c(c1)oc1cc3c(cc12)C1([n+]2c-3ccc3ccccc32)C2(CC)n3nc(C)cc3-c3cccc[n+]3C21CC. The van der Waals surface area contributed by atoms with Crippen LogP contribution in [-0.2, 0) is 23.0 Å². The molecule has 1 saturated carbocycles. The van der Waals surface area contributed by atoms with E-state index in [1.165, 1.54) is 55.4 Å². The second-order valence-electron chi connectivity index (χ2n) is 13.4. The molecule has 220 valence electrons. The number of fused-ring (bicyclic) bond motifs is 18. The van der Waals surface area contributed by atoms with Crippen LogP contribution in [0.15, 0.2) is 102 Å². The topological polar surface area (TPSA) is 38.7 Å². The van der Waals surface area contributed by atoms with E-state index in [0.29, 0.717) is 0 Å². The van der Waals surface area contributed by atoms with Crippen molar-refractivity contribution in [2.75, 3.05) is 0 Å². The van der Waals surface area contributed by atoms with Crippen molar-refractivity contribution < 1.29 is 13.6 Å². The van der Waals surface area contributed by atoms with Crippen LogP contribution in [0.5, 0.6) is 0 Å². The zero-order chi connectivity index (χ0) is 30.3. The lowest BCUT2D eigenvalue weighted by molar-refractivity contribution is -0.790. The van der Waals surface area contributed by atoms with Crippen molar-refractivity contribution in [1.29, 1.82) is 0 Å². The average molecular weight is 589 g/mol. The van der Waals surface area contributed by atoms with E-state index >= 15 is 0 Å². The van der Waals surface area contributed by atoms with Gasteiger partial charge in [-0.25, -0.2) is 4.68 Å². The molecule has 0 N–H and O–H groups in total. The number of aryl methyl sites for hydroxylation is 2. The predicted molar refractivity (Wildman–Crippen MR) is 177 cm³/mol. The summed E-state index contributed by atoms with van der Waals surface area (Å²) in [7, 11) is 0. The van der Waals surface area contributed by atoms with Gasteiger partial charge in [0, 0.05) is 52.4 Å². The maximum atomic E-state index is 6.66. The molecule has 0 amide bonds. The molecular formula is C40H36N4O+2. The predicted octanol–water partition coefficient (Wildman–Crippen LogP) is 8.10. The average Bonchev–Trinajstić information content (AvgIpc) is 3.38. The summed E-state index contributed by atoms with van der Waals surface area (Å²) in [5, 5.41) is 8.99. The highest BCUT2D eigenvalue weighted by Crippen LogP contribution is 2.78. The number of para-hydroxylation sites is 1. The Morgan fingerprint density at radius 3 is 2.49 bits per heavy atom. The molecule has 6 heterocycles. The Hall–Kier alpha value is -4.77. The molecule has 1 fully saturated rings. The van der Waals surface area contributed by atoms with Gasteiger partial charge in [-0.2, -0.15) is 14.2 Å². The monoisotopic (exact) mass is 588 g/mol. The van der Waals surface area contributed by atoms with E-state index in [1.54, 1.807) is 0 Å². The fraction of sp³-hybridized carbons (Fsp3) is 0.275. The molecule has 3 aliphatic rings. The third kappa shape index (κ3) is 2.58. The number of benzene rings is 3. The number of hydrogen-bond donors (Lipinski definition) is 0. The fourth-order valence-electron chi connectivity index (χ4n) is 10.3. The highest BCUT2D eigenvalue weighted by atomic mass is 16.3. The summed E-state index contributed by atoms with van der Waals surface area (Å²) in [6.07, 6.45) is 6.41. The fourth-order valence-corrected chi connectivity index (χ4v) is 10.3. The lowest BCUT2D eigenvalue weighted by Crippen LogP contribution is -2.60. The molecule has 2 aliphatic heterocycles. The first-order valence-electron chi connectivity index (χ1n) is 16.6. The maximum absolute atomic E-state index is 6.66. The van der Waals surface area contributed by atoms with Gasteiger partial charge in [-0.15, -0.1) is 0 Å². The van der Waals surface area contributed by atoms with Crippen LogP contribution in [0.1, 0.15) is 56.9 Å². The largest absolute Gasteiger partial charge is 0.456 e. The normalized spacial score (nSPS) is 23.7. The summed E-state index contributed by atoms with van der Waals surface area (Å²) in [4.78, 5) is 0. The first-order chi connectivity index (χ1) is 22.1. The molecule has 5 nitrogen and oxygen atoms in total. The van der Waals surface area contributed by atoms with Gasteiger partial charge in [0.05, 0.1) is 11.3 Å². The molecule has 3 aromatic carbocycles. The number of nitrogens with zero attached hydrogens (tertiary/aromatic N) is 4. The lowest BCUT2D eigenvalue weighted by Gasteiger charge is -2.24. The Balaban J connectivity index is 1.41. The summed E-state index contributed by atoms with van der Waals surface area (Å²) in [6, 6.07) is 34.1. The van der Waals surface area contributed by atoms with E-state index in [9.17, 15) is 0 Å². The first kappa shape index (κ1) is 25.5. The van der Waals surface area contributed by atoms with Gasteiger partial charge in [-0.05, 0) is 67.8 Å². The standard InChI is InChI=1S/C40H36N4O/c1-5-12-26-16-18-28-29-23-31-30(24-37(29)45-36(28)22-26)33-19-17-27-13-8-9-14-32(27)43(33)40(31)38(6-2)39(40,7-3)44-35(21-25(4)41-44)34-15-10-11-20-42(34)38/h8-11,13-24H,5-7,12H2,1-4H3/q+2. The van der Waals surface area contributed by atoms with E-state index < -0.39 is 5.54 Å². The molecule has 4 aromatic heterocycles. The summed E-state index contributed by atoms with van der Waals surface area (Å²) >= 11 is 0. The minimum absolute atomic E-state index is 0.285. The van der Waals surface area contributed by atoms with E-state index in [4.69, 9.17) is 9.52 Å². The zero-order valence-corrected chi connectivity index (χ0v) is 26.3. The van der Waals surface area contributed by atoms with Crippen molar-refractivity contribution in [3.05, 3.63) is 114 Å². The van der Waals surface area contributed by atoms with Crippen molar-refractivity contribution in [1.82, 2.24) is 9.78 Å². The highest BCUT2D eigenvalue weighted by Gasteiger charge is 3.05. The first-order valence-corrected chi connectivity index (χ1v) is 16.6. The van der Waals surface area contributed by atoms with Crippen molar-refractivity contribution in [2.45, 2.75) is 70.0 Å². The Morgan fingerprint density at radius 1 is 0.800 bits per heavy atom. The van der Waals surface area contributed by atoms with Gasteiger partial charge in [0.1, 0.15) is 16.9 Å². The van der Waals surface area contributed by atoms with Gasteiger partial charge in [-0.3, -0.25) is 0 Å². The van der Waals surface area contributed by atoms with Crippen LogP contribution in [0.25, 0.3) is 55.5 Å². The Bertz CT molecular complexity index is 2420. The Kier molecular flexibility index (Phi) is 4.70. The van der Waals surface area contributed by atoms with Crippen molar-refractivity contribution in [2.24, 2.45) is 0 Å². The molecule has 1 spiro atoms. The highest BCUT2D eigenvalue weighted by molar-refractivity contribution is 6.07. The summed E-state index contributed by atoms with van der Waals surface area (Å²) in [5.74, 6) is 0. The minimum Gasteiger partial charge on any atom is -0.456 e. The minimum atomic E-state index is -0.417. The molecule has 0 saturated heterocycles. The Morgan fingerprint density at radius 2 is 1.64 bits per heavy atom. The van der Waals surface area contributed by atoms with Crippen LogP contribution in [0.2, 0.25) is 0 Å².